The molecular weight excluding hydrogens is 440 g/mol. The number of sulfonamides is 1. The summed E-state index contributed by atoms with van der Waals surface area (Å²) in [4.78, 5) is 16.2. The summed E-state index contributed by atoms with van der Waals surface area (Å²) in [6.07, 6.45) is 3.30. The first kappa shape index (κ1) is 22.1. The largest absolute Gasteiger partial charge is 0.355 e. The third kappa shape index (κ3) is 4.54. The molecule has 1 aromatic carbocycles. The van der Waals surface area contributed by atoms with E-state index in [2.05, 4.69) is 32.2 Å². The number of fused-ring (bicyclic) bond motifs is 1. The Labute approximate surface area is 194 Å². The number of amides is 1. The minimum atomic E-state index is -3.59. The number of nitrogens with zero attached hydrogens (tertiary/aromatic N) is 5. The lowest BCUT2D eigenvalue weighted by atomic mass is 9.99. The van der Waals surface area contributed by atoms with Gasteiger partial charge in [0.15, 0.2) is 11.6 Å². The van der Waals surface area contributed by atoms with Crippen molar-refractivity contribution in [1.82, 2.24) is 14.5 Å². The van der Waals surface area contributed by atoms with Crippen molar-refractivity contribution < 1.29 is 13.2 Å². The number of carbonyl (C=O) groups excluding carboxylic acids is 1. The van der Waals surface area contributed by atoms with Gasteiger partial charge < -0.3 is 15.1 Å². The summed E-state index contributed by atoms with van der Waals surface area (Å²) in [6.45, 7) is 6.23. The zero-order valence-corrected chi connectivity index (χ0v) is 19.7. The van der Waals surface area contributed by atoms with E-state index in [0.717, 1.165) is 36.2 Å². The van der Waals surface area contributed by atoms with Gasteiger partial charge in [0.1, 0.15) is 0 Å². The van der Waals surface area contributed by atoms with Crippen molar-refractivity contribution in [3.63, 3.8) is 0 Å². The number of anilines is 3. The number of aryl methyl sites for hydroxylation is 1. The number of piperazine rings is 1. The second-order valence-corrected chi connectivity index (χ2v) is 11.1. The number of hydrogen-bond donors (Lipinski definition) is 1. The predicted molar refractivity (Wildman–Crippen MR) is 127 cm³/mol. The van der Waals surface area contributed by atoms with Gasteiger partial charge in [-0.05, 0) is 61.1 Å². The van der Waals surface area contributed by atoms with Gasteiger partial charge in [-0.2, -0.15) is 4.31 Å². The van der Waals surface area contributed by atoms with Gasteiger partial charge in [0.2, 0.25) is 15.9 Å². The number of carbonyl (C=O) groups is 1. The molecule has 1 N–H and O–H groups in total. The Bertz CT molecular complexity index is 1120. The second kappa shape index (κ2) is 8.90. The van der Waals surface area contributed by atoms with Gasteiger partial charge in [0, 0.05) is 51.4 Å². The molecule has 2 fully saturated rings. The second-order valence-electron chi connectivity index (χ2n) is 9.18. The molecule has 176 valence electrons. The van der Waals surface area contributed by atoms with Crippen LogP contribution in [0.4, 0.5) is 17.3 Å². The zero-order valence-electron chi connectivity index (χ0n) is 18.9. The van der Waals surface area contributed by atoms with Crippen molar-refractivity contribution in [2.45, 2.75) is 37.5 Å². The number of nitrogens with one attached hydrogen (secondary N) is 1. The van der Waals surface area contributed by atoms with Crippen LogP contribution in [0.5, 0.6) is 0 Å². The highest BCUT2D eigenvalue weighted by atomic mass is 32.2. The van der Waals surface area contributed by atoms with Gasteiger partial charge in [-0.15, -0.1) is 10.2 Å². The Hall–Kier alpha value is -2.72. The SMILES string of the molecule is CC1CCN(c2ccc(N3CCN(S(=O)(=O)c4ccc5c(c4)CCC(=O)N5)CC3)nn2)CC1. The molecule has 9 nitrogen and oxygen atoms in total. The summed E-state index contributed by atoms with van der Waals surface area (Å²) in [6, 6.07) is 8.98. The summed E-state index contributed by atoms with van der Waals surface area (Å²) in [7, 11) is -3.59. The Morgan fingerprint density at radius 3 is 2.15 bits per heavy atom. The molecule has 0 aliphatic carbocycles. The molecule has 0 saturated carbocycles. The fourth-order valence-corrected chi connectivity index (χ4v) is 6.19. The van der Waals surface area contributed by atoms with Crippen LogP contribution >= 0.6 is 0 Å². The van der Waals surface area contributed by atoms with E-state index in [1.54, 1.807) is 18.2 Å². The minimum absolute atomic E-state index is 0.0316. The summed E-state index contributed by atoms with van der Waals surface area (Å²) < 4.78 is 28.0. The number of piperidine rings is 1. The van der Waals surface area contributed by atoms with Gasteiger partial charge in [0.05, 0.1) is 4.90 Å². The number of hydrogen-bond acceptors (Lipinski definition) is 7. The third-order valence-electron chi connectivity index (χ3n) is 6.92. The van der Waals surface area contributed by atoms with Gasteiger partial charge in [0.25, 0.3) is 0 Å². The Balaban J connectivity index is 1.22. The molecule has 2 saturated heterocycles. The van der Waals surface area contributed by atoms with Crippen LogP contribution in [0.2, 0.25) is 0 Å². The van der Waals surface area contributed by atoms with Crippen molar-refractivity contribution >= 4 is 33.3 Å². The molecule has 33 heavy (non-hydrogen) atoms. The molecular formula is C23H30N6O3S. The lowest BCUT2D eigenvalue weighted by Crippen LogP contribution is -2.49. The normalized spacial score (nSPS) is 20.5. The van der Waals surface area contributed by atoms with Crippen molar-refractivity contribution in [1.29, 1.82) is 0 Å². The Kier molecular flexibility index (Phi) is 5.96. The predicted octanol–water partition coefficient (Wildman–Crippen LogP) is 2.11. The molecule has 0 atom stereocenters. The highest BCUT2D eigenvalue weighted by Crippen LogP contribution is 2.28. The smallest absolute Gasteiger partial charge is 0.243 e. The molecule has 0 bridgehead atoms. The minimum Gasteiger partial charge on any atom is -0.355 e. The van der Waals surface area contributed by atoms with E-state index in [1.165, 1.54) is 17.1 Å². The van der Waals surface area contributed by atoms with Gasteiger partial charge >= 0.3 is 0 Å². The summed E-state index contributed by atoms with van der Waals surface area (Å²) in [5, 5.41) is 11.7. The average Bonchev–Trinajstić information content (AvgIpc) is 2.84. The first-order valence-electron chi connectivity index (χ1n) is 11.7. The maximum atomic E-state index is 13.2. The van der Waals surface area contributed by atoms with E-state index >= 15 is 0 Å². The molecule has 0 unspecified atom stereocenters. The van der Waals surface area contributed by atoms with Crippen LogP contribution < -0.4 is 15.1 Å². The van der Waals surface area contributed by atoms with Crippen molar-refractivity contribution in [2.24, 2.45) is 5.92 Å². The summed E-state index contributed by atoms with van der Waals surface area (Å²) in [5.41, 5.74) is 1.57. The summed E-state index contributed by atoms with van der Waals surface area (Å²) >= 11 is 0. The molecule has 4 heterocycles. The van der Waals surface area contributed by atoms with E-state index in [1.807, 2.05) is 12.1 Å². The monoisotopic (exact) mass is 470 g/mol. The lowest BCUT2D eigenvalue weighted by molar-refractivity contribution is -0.116. The van der Waals surface area contributed by atoms with E-state index in [4.69, 9.17) is 0 Å². The number of rotatable bonds is 4. The van der Waals surface area contributed by atoms with Crippen molar-refractivity contribution in [3.05, 3.63) is 35.9 Å². The van der Waals surface area contributed by atoms with Crippen LogP contribution in [0.25, 0.3) is 0 Å². The summed E-state index contributed by atoms with van der Waals surface area (Å²) in [5.74, 6) is 2.43. The molecule has 1 aromatic heterocycles. The van der Waals surface area contributed by atoms with E-state index in [-0.39, 0.29) is 10.8 Å². The number of aromatic nitrogens is 2. The maximum Gasteiger partial charge on any atom is 0.243 e. The topological polar surface area (TPSA) is 98.7 Å². The lowest BCUT2D eigenvalue weighted by Gasteiger charge is -2.35. The van der Waals surface area contributed by atoms with Crippen molar-refractivity contribution in [3.8, 4) is 0 Å². The fraction of sp³-hybridized carbons (Fsp3) is 0.522. The first-order chi connectivity index (χ1) is 15.9. The zero-order chi connectivity index (χ0) is 23.0. The highest BCUT2D eigenvalue weighted by molar-refractivity contribution is 7.89. The quantitative estimate of drug-likeness (QED) is 0.731. The molecule has 3 aliphatic heterocycles. The highest BCUT2D eigenvalue weighted by Gasteiger charge is 2.30. The van der Waals surface area contributed by atoms with Gasteiger partial charge in [-0.25, -0.2) is 8.42 Å². The maximum absolute atomic E-state index is 13.2. The molecule has 5 rings (SSSR count). The molecule has 10 heteroatoms. The van der Waals surface area contributed by atoms with Gasteiger partial charge in [-0.1, -0.05) is 6.92 Å². The van der Waals surface area contributed by atoms with Crippen LogP contribution in [0.3, 0.4) is 0 Å². The van der Waals surface area contributed by atoms with E-state index in [9.17, 15) is 13.2 Å². The number of benzene rings is 1. The van der Waals surface area contributed by atoms with Crippen LogP contribution in [0, 0.1) is 5.92 Å². The van der Waals surface area contributed by atoms with Crippen LogP contribution in [0.15, 0.2) is 35.2 Å². The molecule has 0 radical (unpaired) electrons. The van der Waals surface area contributed by atoms with E-state index in [0.29, 0.717) is 44.7 Å². The van der Waals surface area contributed by atoms with E-state index < -0.39 is 10.0 Å². The van der Waals surface area contributed by atoms with Crippen molar-refractivity contribution in [2.75, 3.05) is 54.4 Å². The fourth-order valence-electron chi connectivity index (χ4n) is 4.72. The third-order valence-corrected chi connectivity index (χ3v) is 8.81. The molecule has 0 spiro atoms. The Morgan fingerprint density at radius 1 is 0.879 bits per heavy atom. The van der Waals surface area contributed by atoms with Gasteiger partial charge in [-0.3, -0.25) is 4.79 Å². The van der Waals surface area contributed by atoms with Crippen LogP contribution in [-0.4, -0.2) is 68.1 Å². The van der Waals surface area contributed by atoms with Crippen LogP contribution in [0.1, 0.15) is 31.7 Å². The Morgan fingerprint density at radius 2 is 1.52 bits per heavy atom. The standard InChI is InChI=1S/C23H30N6O3S/c1-17-8-10-27(11-9-17)21-5-6-22(26-25-21)28-12-14-29(15-13-28)33(31,32)19-3-4-20-18(16-19)2-7-23(30)24-20/h3-6,16-17H,2,7-15H2,1H3,(H,24,30). The molecule has 3 aliphatic rings. The molecule has 2 aromatic rings. The first-order valence-corrected chi connectivity index (χ1v) is 13.1. The molecule has 1 amide bonds. The van der Waals surface area contributed by atoms with Crippen LogP contribution in [-0.2, 0) is 21.2 Å². The average molecular weight is 471 g/mol.